The Morgan fingerprint density at radius 2 is 0.425 bits per heavy atom. The molecule has 20 rings (SSSR count). The average molecular weight is 2130 g/mol. The van der Waals surface area contributed by atoms with E-state index in [-0.39, 0.29) is 116 Å². The zero-order chi connectivity index (χ0) is 99.7. The second-order valence-electron chi connectivity index (χ2n) is 41.4. The molecule has 0 bridgehead atoms. The summed E-state index contributed by atoms with van der Waals surface area (Å²) in [6.07, 6.45) is 58.3. The SMILES string of the molecule is C1CCCC1.C1CCCC1.C1CCCC1.C1CCCC1.CCCC/C(=C(/c1ccc(C)cc1)c1ccc(O)cc1)C1CCCC1.Cc1ccc(/C(=C(/CCC(=O)O)C2CCCC2)c2ccc(O)cc2)cc1.Cc1ccc(/C(=C(/CCCCN2C(=O)c3ccccc3C2=O)C2CCCC2)c2ccc(O)cc2)cc1.Cc1ccc(/C(=C(/CCCN2C(=O)c3ccccc3C2=O)C2CCCC2)c2ccc(O)cc2)cc1.[Fe].[Fe].[Fe].[Fe]. The number of carbonyl (C=O) groups is 5. The summed E-state index contributed by atoms with van der Waals surface area (Å²) in [5.74, 6) is 1.81. The fourth-order valence-corrected chi connectivity index (χ4v) is 22.8. The van der Waals surface area contributed by atoms with E-state index in [4.69, 9.17) is 0 Å². The predicted molar refractivity (Wildman–Crippen MR) is 585 cm³/mol. The Kier molecular flexibility index (Phi) is 52.4. The monoisotopic (exact) mass is 2130 g/mol. The van der Waals surface area contributed by atoms with Crippen LogP contribution in [0.15, 0.2) is 265 Å². The third kappa shape index (κ3) is 35.7. The van der Waals surface area contributed by atoms with E-state index < -0.39 is 5.97 Å². The van der Waals surface area contributed by atoms with Gasteiger partial charge in [-0.15, -0.1) is 0 Å². The quantitative estimate of drug-likeness (QED) is 0.0188. The number of allylic oxidation sites excluding steroid dienone is 4. The second-order valence-corrected chi connectivity index (χ2v) is 41.4. The molecule has 8 saturated carbocycles. The number of fused-ring (bicyclic) bond motifs is 2. The normalized spacial score (nSPS) is 16.9. The van der Waals surface area contributed by atoms with Crippen molar-refractivity contribution in [3.05, 3.63) is 354 Å². The molecule has 8 fully saturated rings. The fraction of sp³-hybridized carbons (Fsp3) is 0.438. The molecule has 16 heteroatoms. The van der Waals surface area contributed by atoms with Gasteiger partial charge in [-0.05, 0) is 294 Å². The molecule has 10 aromatic rings. The number of nitrogens with zero attached hydrogens (tertiary/aromatic N) is 2. The van der Waals surface area contributed by atoms with Crippen LogP contribution in [0.1, 0.15) is 410 Å². The number of hydrogen-bond acceptors (Lipinski definition) is 9. The minimum absolute atomic E-state index is 0. The van der Waals surface area contributed by atoms with E-state index in [2.05, 4.69) is 144 Å². The molecule has 146 heavy (non-hydrogen) atoms. The summed E-state index contributed by atoms with van der Waals surface area (Å²) in [5.41, 5.74) is 27.1. The maximum absolute atomic E-state index is 12.8. The number of amides is 4. The van der Waals surface area contributed by atoms with Crippen LogP contribution in [0.5, 0.6) is 23.0 Å². The van der Waals surface area contributed by atoms with Crippen molar-refractivity contribution in [1.82, 2.24) is 9.80 Å². The first-order valence-corrected chi connectivity index (χ1v) is 54.8. The first-order valence-electron chi connectivity index (χ1n) is 54.8. The molecule has 2 heterocycles. The van der Waals surface area contributed by atoms with Gasteiger partial charge in [-0.3, -0.25) is 33.8 Å². The van der Waals surface area contributed by atoms with Gasteiger partial charge in [0, 0.05) is 87.8 Å². The maximum atomic E-state index is 12.8. The summed E-state index contributed by atoms with van der Waals surface area (Å²) in [4.78, 5) is 65.3. The molecule has 0 radical (unpaired) electrons. The number of phenols is 4. The zero-order valence-electron chi connectivity index (χ0n) is 87.4. The van der Waals surface area contributed by atoms with Gasteiger partial charge in [0.05, 0.1) is 22.3 Å². The molecule has 2 aliphatic heterocycles. The minimum atomic E-state index is -0.755. The van der Waals surface area contributed by atoms with Crippen molar-refractivity contribution in [3.8, 4) is 23.0 Å². The molecule has 0 unspecified atom stereocenters. The van der Waals surface area contributed by atoms with E-state index in [1.165, 1.54) is 312 Å². The van der Waals surface area contributed by atoms with Gasteiger partial charge in [0.2, 0.25) is 0 Å². The smallest absolute Gasteiger partial charge is 0.303 e. The van der Waals surface area contributed by atoms with Crippen LogP contribution in [0.25, 0.3) is 22.3 Å². The van der Waals surface area contributed by atoms with Crippen LogP contribution in [0.4, 0.5) is 0 Å². The van der Waals surface area contributed by atoms with E-state index in [0.717, 1.165) is 91.5 Å². The number of imide groups is 2. The summed E-state index contributed by atoms with van der Waals surface area (Å²) in [7, 11) is 0. The first kappa shape index (κ1) is 120. The molecule has 0 saturated heterocycles. The summed E-state index contributed by atoms with van der Waals surface area (Å²) in [6.45, 7) is 11.5. The Bertz CT molecular complexity index is 5440. The molecule has 12 nitrogen and oxygen atoms in total. The molecule has 5 N–H and O–H groups in total. The van der Waals surface area contributed by atoms with Gasteiger partial charge >= 0.3 is 5.97 Å². The number of hydrogen-bond donors (Lipinski definition) is 5. The number of aromatic hydroxyl groups is 4. The topological polar surface area (TPSA) is 193 Å². The van der Waals surface area contributed by atoms with Crippen molar-refractivity contribution in [2.24, 2.45) is 23.7 Å². The Morgan fingerprint density at radius 3 is 0.630 bits per heavy atom. The van der Waals surface area contributed by atoms with E-state index in [9.17, 15) is 49.5 Å². The van der Waals surface area contributed by atoms with Crippen molar-refractivity contribution in [1.29, 1.82) is 0 Å². The molecule has 0 spiro atoms. The number of carboxylic acid groups (broad SMARTS) is 1. The minimum Gasteiger partial charge on any atom is -0.508 e. The molecular weight excluding hydrogens is 1970 g/mol. The van der Waals surface area contributed by atoms with Gasteiger partial charge in [0.25, 0.3) is 23.6 Å². The van der Waals surface area contributed by atoms with Gasteiger partial charge < -0.3 is 25.5 Å². The van der Waals surface area contributed by atoms with E-state index in [1.54, 1.807) is 78.4 Å². The predicted octanol–water partition coefficient (Wildman–Crippen LogP) is 34.2. The van der Waals surface area contributed by atoms with Gasteiger partial charge in [0.15, 0.2) is 0 Å². The number of aliphatic carboxylic acids is 1. The summed E-state index contributed by atoms with van der Waals surface area (Å²) in [6, 6.07) is 79.0. The van der Waals surface area contributed by atoms with Gasteiger partial charge in [0.1, 0.15) is 23.0 Å². The molecule has 0 atom stereocenters. The Morgan fingerprint density at radius 1 is 0.240 bits per heavy atom. The number of rotatable bonds is 27. The van der Waals surface area contributed by atoms with Crippen molar-refractivity contribution in [2.45, 2.75) is 330 Å². The summed E-state index contributed by atoms with van der Waals surface area (Å²) in [5, 5.41) is 48.4. The van der Waals surface area contributed by atoms with Crippen LogP contribution < -0.4 is 0 Å². The first-order chi connectivity index (χ1) is 69.3. The second kappa shape index (κ2) is 63.9. The number of carboxylic acids is 1. The number of aryl methyl sites for hydroxylation is 4. The van der Waals surface area contributed by atoms with E-state index in [1.807, 2.05) is 60.7 Å². The van der Waals surface area contributed by atoms with Gasteiger partial charge in [-0.1, -0.05) is 408 Å². The molecule has 8 aliphatic carbocycles. The largest absolute Gasteiger partial charge is 0.508 e. The fourth-order valence-electron chi connectivity index (χ4n) is 22.8. The van der Waals surface area contributed by atoms with Crippen LogP contribution in [0.2, 0.25) is 0 Å². The van der Waals surface area contributed by atoms with Crippen LogP contribution in [0, 0.1) is 51.4 Å². The van der Waals surface area contributed by atoms with Crippen molar-refractivity contribution in [3.63, 3.8) is 0 Å². The average Bonchev–Trinajstić information content (AvgIpc) is 1.60. The van der Waals surface area contributed by atoms with Crippen LogP contribution >= 0.6 is 0 Å². The van der Waals surface area contributed by atoms with Crippen molar-refractivity contribution in [2.75, 3.05) is 13.1 Å². The Labute approximate surface area is 915 Å². The molecule has 782 valence electrons. The van der Waals surface area contributed by atoms with Crippen LogP contribution in [0.3, 0.4) is 0 Å². The molecule has 0 aromatic heterocycles. The van der Waals surface area contributed by atoms with E-state index >= 15 is 0 Å². The molecule has 10 aliphatic rings. The van der Waals surface area contributed by atoms with Gasteiger partial charge in [-0.25, -0.2) is 0 Å². The van der Waals surface area contributed by atoms with Crippen LogP contribution in [-0.4, -0.2) is 78.0 Å². The standard InChI is InChI=1S/C32H33NO3.C31H31NO3.C24H30O.C23H26O3.4C5H10.4Fe/c1-22-13-15-24(16-14-22)30(25-17-19-26(34)20-18-25)27(23-8-2-3-9-23)10-6-7-21-33-31(35)28-11-4-5-12-29(28)32(33)36;1-21-12-14-23(15-13-21)29(24-16-18-25(33)19-17-24)26(22-7-2-3-8-22)11-6-20-32-30(34)27-9-4-5-10-28(27)31(32)35;1-3-4-9-23(19-7-5-6-8-19)24(20-12-10-18(2)11-13-20)21-14-16-22(25)17-15-21;1-16-6-8-18(9-7-16)23(19-10-12-20(24)13-11-19)21(14-15-22(25)26)17-4-2-3-5-17;4*1-2-4-5-3-1;;;;/h4-5,11-20,23,34H,2-3,6-10,21H2,1H3;4-5,9-10,12-19,22,33H,2-3,6-8,11,20H2,1H3;10-17,19,25H,3-9H2,1-2H3;6-13,17,24H,2-5,14-15H2,1H3,(H,25,26);4*1-5H2;;;;/b30-27+;29-26+;24-23+;23-21+;;;;;;;;. The number of phenolic OH excluding ortho intramolecular Hbond substituents is 4. The third-order valence-electron chi connectivity index (χ3n) is 30.7. The van der Waals surface area contributed by atoms with Crippen molar-refractivity contribution < 1.29 is 118 Å². The Balaban J connectivity index is 0.000000202. The van der Waals surface area contributed by atoms with Crippen molar-refractivity contribution >= 4 is 51.9 Å². The number of unbranched alkanes of at least 4 members (excludes halogenated alkanes) is 2. The Hall–Kier alpha value is -9.81. The molecule has 10 aromatic carbocycles. The number of carbonyl (C=O) groups excluding carboxylic acids is 4. The third-order valence-corrected chi connectivity index (χ3v) is 30.7. The zero-order valence-corrected chi connectivity index (χ0v) is 91.8. The number of benzene rings is 10. The summed E-state index contributed by atoms with van der Waals surface area (Å²) < 4.78 is 0. The maximum Gasteiger partial charge on any atom is 0.303 e. The molecule has 4 amide bonds. The molecular formula is C130H160Fe4N2O10. The van der Waals surface area contributed by atoms with E-state index in [0.29, 0.717) is 65.3 Å². The van der Waals surface area contributed by atoms with Crippen LogP contribution in [-0.2, 0) is 73.1 Å². The van der Waals surface area contributed by atoms with Gasteiger partial charge in [-0.2, -0.15) is 0 Å². The summed E-state index contributed by atoms with van der Waals surface area (Å²) >= 11 is 0.